The van der Waals surface area contributed by atoms with E-state index in [-0.39, 0.29) is 11.8 Å². The lowest BCUT2D eigenvalue weighted by Crippen LogP contribution is -2.39. The zero-order valence-corrected chi connectivity index (χ0v) is 12.4. The topological polar surface area (TPSA) is 74.8 Å². The maximum atomic E-state index is 12.5. The Labute approximate surface area is 129 Å². The van der Waals surface area contributed by atoms with Crippen molar-refractivity contribution in [1.29, 1.82) is 0 Å². The minimum atomic E-state index is 0.0516. The first-order chi connectivity index (χ1) is 10.8. The van der Waals surface area contributed by atoms with Gasteiger partial charge in [0.05, 0.1) is 5.56 Å². The molecule has 0 bridgehead atoms. The van der Waals surface area contributed by atoms with E-state index < -0.39 is 0 Å². The lowest BCUT2D eigenvalue weighted by molar-refractivity contribution is 0.0704. The fourth-order valence-electron chi connectivity index (χ4n) is 3.05. The first-order valence-corrected chi connectivity index (χ1v) is 7.93. The van der Waals surface area contributed by atoms with E-state index in [1.54, 1.807) is 18.5 Å². The molecule has 3 heterocycles. The Balaban J connectivity index is 1.48. The molecule has 6 nitrogen and oxygen atoms in total. The molecule has 0 aromatic carbocycles. The Morgan fingerprint density at radius 1 is 1.27 bits per heavy atom. The number of H-pyrrole nitrogens is 1. The van der Waals surface area contributed by atoms with E-state index in [1.807, 2.05) is 11.0 Å². The van der Waals surface area contributed by atoms with Gasteiger partial charge in [-0.25, -0.2) is 4.98 Å². The Bertz CT molecular complexity index is 664. The smallest absolute Gasteiger partial charge is 0.255 e. The van der Waals surface area contributed by atoms with Gasteiger partial charge in [0.15, 0.2) is 5.82 Å². The summed E-state index contributed by atoms with van der Waals surface area (Å²) in [6, 6.07) is 3.61. The van der Waals surface area contributed by atoms with Crippen LogP contribution in [0.2, 0.25) is 0 Å². The number of likely N-dealkylation sites (tertiary alicyclic amines) is 1. The molecular formula is C16H19N5O. The predicted octanol–water partition coefficient (Wildman–Crippen LogP) is 2.10. The van der Waals surface area contributed by atoms with E-state index >= 15 is 0 Å². The normalized spacial score (nSPS) is 21.8. The van der Waals surface area contributed by atoms with Gasteiger partial charge >= 0.3 is 0 Å². The summed E-state index contributed by atoms with van der Waals surface area (Å²) in [7, 11) is 0. The van der Waals surface area contributed by atoms with Gasteiger partial charge in [-0.2, -0.15) is 5.10 Å². The van der Waals surface area contributed by atoms with Gasteiger partial charge in [0.25, 0.3) is 5.91 Å². The van der Waals surface area contributed by atoms with Crippen molar-refractivity contribution in [2.45, 2.75) is 37.5 Å². The molecule has 1 aliphatic heterocycles. The van der Waals surface area contributed by atoms with E-state index in [4.69, 9.17) is 0 Å². The number of nitrogens with zero attached hydrogens (tertiary/aromatic N) is 4. The van der Waals surface area contributed by atoms with Crippen LogP contribution in [0.1, 0.15) is 59.5 Å². The van der Waals surface area contributed by atoms with Gasteiger partial charge in [-0.15, -0.1) is 0 Å². The van der Waals surface area contributed by atoms with Crippen molar-refractivity contribution < 1.29 is 4.79 Å². The number of piperidine rings is 1. The third-order valence-electron chi connectivity index (χ3n) is 4.47. The standard InChI is InChI=1S/C16H19N5O/c22-16(12-3-1-7-17-9-12)21-8-2-4-13(10-21)15-18-14(19-20-15)11-5-6-11/h1,3,7,9,11,13H,2,4-6,8,10H2,(H,18,19,20). The van der Waals surface area contributed by atoms with Crippen LogP contribution in [0.5, 0.6) is 0 Å². The molecule has 114 valence electrons. The van der Waals surface area contributed by atoms with Crippen LogP contribution in [0.25, 0.3) is 0 Å². The molecular weight excluding hydrogens is 278 g/mol. The first-order valence-electron chi connectivity index (χ1n) is 7.93. The van der Waals surface area contributed by atoms with Crippen LogP contribution in [0.15, 0.2) is 24.5 Å². The molecule has 1 N–H and O–H groups in total. The van der Waals surface area contributed by atoms with Crippen LogP contribution >= 0.6 is 0 Å². The molecule has 2 aromatic rings. The van der Waals surface area contributed by atoms with Crippen LogP contribution in [-0.2, 0) is 0 Å². The molecule has 2 aliphatic rings. The molecule has 1 saturated carbocycles. The number of carbonyl (C=O) groups is 1. The average Bonchev–Trinajstić information content (AvgIpc) is 3.32. The minimum absolute atomic E-state index is 0.0516. The molecule has 1 atom stereocenters. The van der Waals surface area contributed by atoms with Gasteiger partial charge in [0, 0.05) is 37.3 Å². The van der Waals surface area contributed by atoms with Gasteiger partial charge in [0.1, 0.15) is 5.82 Å². The third-order valence-corrected chi connectivity index (χ3v) is 4.47. The summed E-state index contributed by atoms with van der Waals surface area (Å²) in [6.45, 7) is 1.49. The van der Waals surface area contributed by atoms with Crippen molar-refractivity contribution >= 4 is 5.91 Å². The third kappa shape index (κ3) is 2.61. The molecule has 1 aliphatic carbocycles. The number of carbonyl (C=O) groups excluding carboxylic acids is 1. The van der Waals surface area contributed by atoms with Gasteiger partial charge in [-0.1, -0.05) is 0 Å². The quantitative estimate of drug-likeness (QED) is 0.941. The minimum Gasteiger partial charge on any atom is -0.338 e. The number of amides is 1. The zero-order chi connectivity index (χ0) is 14.9. The summed E-state index contributed by atoms with van der Waals surface area (Å²) in [5.74, 6) is 2.75. The molecule has 1 unspecified atom stereocenters. The van der Waals surface area contributed by atoms with Gasteiger partial charge in [-0.3, -0.25) is 14.9 Å². The van der Waals surface area contributed by atoms with Gasteiger partial charge < -0.3 is 4.90 Å². The molecule has 22 heavy (non-hydrogen) atoms. The maximum absolute atomic E-state index is 12.5. The highest BCUT2D eigenvalue weighted by atomic mass is 16.2. The first kappa shape index (κ1) is 13.4. The highest BCUT2D eigenvalue weighted by molar-refractivity contribution is 5.93. The van der Waals surface area contributed by atoms with Crippen molar-refractivity contribution in [2.75, 3.05) is 13.1 Å². The Morgan fingerprint density at radius 2 is 2.18 bits per heavy atom. The number of rotatable bonds is 3. The average molecular weight is 297 g/mol. The molecule has 0 spiro atoms. The second-order valence-corrected chi connectivity index (χ2v) is 6.19. The van der Waals surface area contributed by atoms with Crippen molar-refractivity contribution in [2.24, 2.45) is 0 Å². The van der Waals surface area contributed by atoms with Crippen LogP contribution in [0.4, 0.5) is 0 Å². The summed E-state index contributed by atoms with van der Waals surface area (Å²) in [6.07, 6.45) is 7.77. The molecule has 2 fully saturated rings. The monoisotopic (exact) mass is 297 g/mol. The number of nitrogens with one attached hydrogen (secondary N) is 1. The summed E-state index contributed by atoms with van der Waals surface area (Å²) in [5, 5.41) is 7.45. The Hall–Kier alpha value is -2.24. The van der Waals surface area contributed by atoms with Crippen molar-refractivity contribution in [1.82, 2.24) is 25.1 Å². The maximum Gasteiger partial charge on any atom is 0.255 e. The zero-order valence-electron chi connectivity index (χ0n) is 12.4. The summed E-state index contributed by atoms with van der Waals surface area (Å²) in [4.78, 5) is 23.1. The molecule has 2 aromatic heterocycles. The van der Waals surface area contributed by atoms with Crippen LogP contribution in [0.3, 0.4) is 0 Å². The van der Waals surface area contributed by atoms with E-state index in [0.717, 1.165) is 31.0 Å². The fourth-order valence-corrected chi connectivity index (χ4v) is 3.05. The number of aromatic amines is 1. The van der Waals surface area contributed by atoms with Crippen molar-refractivity contribution in [3.8, 4) is 0 Å². The largest absolute Gasteiger partial charge is 0.338 e. The highest BCUT2D eigenvalue weighted by Crippen LogP contribution is 2.38. The summed E-state index contributed by atoms with van der Waals surface area (Å²) >= 11 is 0. The summed E-state index contributed by atoms with van der Waals surface area (Å²) < 4.78 is 0. The molecule has 1 amide bonds. The SMILES string of the molecule is O=C(c1cccnc1)N1CCCC(c2n[nH]c(C3CC3)n2)C1. The van der Waals surface area contributed by atoms with Crippen molar-refractivity contribution in [3.05, 3.63) is 41.7 Å². The number of aromatic nitrogens is 4. The van der Waals surface area contributed by atoms with Crippen LogP contribution < -0.4 is 0 Å². The molecule has 6 heteroatoms. The highest BCUT2D eigenvalue weighted by Gasteiger charge is 2.31. The van der Waals surface area contributed by atoms with E-state index in [1.165, 1.54) is 12.8 Å². The van der Waals surface area contributed by atoms with Gasteiger partial charge in [-0.05, 0) is 37.8 Å². The molecule has 4 rings (SSSR count). The van der Waals surface area contributed by atoms with Gasteiger partial charge in [0.2, 0.25) is 0 Å². The number of hydrogen-bond acceptors (Lipinski definition) is 4. The predicted molar refractivity (Wildman–Crippen MR) is 80.5 cm³/mol. The van der Waals surface area contributed by atoms with Crippen LogP contribution in [0, 0.1) is 0 Å². The lowest BCUT2D eigenvalue weighted by atomic mass is 9.97. The number of hydrogen-bond donors (Lipinski definition) is 1. The fraction of sp³-hybridized carbons (Fsp3) is 0.500. The van der Waals surface area contributed by atoms with Crippen molar-refractivity contribution in [3.63, 3.8) is 0 Å². The summed E-state index contributed by atoms with van der Waals surface area (Å²) in [5.41, 5.74) is 0.650. The van der Waals surface area contributed by atoms with E-state index in [0.29, 0.717) is 18.0 Å². The molecule has 0 radical (unpaired) electrons. The van der Waals surface area contributed by atoms with E-state index in [9.17, 15) is 4.79 Å². The van der Waals surface area contributed by atoms with E-state index in [2.05, 4.69) is 20.2 Å². The Kier molecular flexibility index (Phi) is 3.36. The second-order valence-electron chi connectivity index (χ2n) is 6.19. The Morgan fingerprint density at radius 3 is 2.95 bits per heavy atom. The lowest BCUT2D eigenvalue weighted by Gasteiger charge is -2.31. The van der Waals surface area contributed by atoms with Crippen LogP contribution in [-0.4, -0.2) is 44.1 Å². The molecule has 1 saturated heterocycles. The second kappa shape index (κ2) is 5.51. The number of pyridine rings is 1.